The lowest BCUT2D eigenvalue weighted by Crippen LogP contribution is -2.29. The van der Waals surface area contributed by atoms with Gasteiger partial charge in [0.05, 0.1) is 6.10 Å². The molecule has 1 heterocycles. The summed E-state index contributed by atoms with van der Waals surface area (Å²) < 4.78 is 6.99. The number of rotatable bonds is 4. The maximum absolute atomic E-state index is 12.3. The number of hydrogen-bond acceptors (Lipinski definition) is 3. The van der Waals surface area contributed by atoms with E-state index in [1.807, 2.05) is 26.0 Å². The van der Waals surface area contributed by atoms with Gasteiger partial charge in [0.2, 0.25) is 5.91 Å². The van der Waals surface area contributed by atoms with E-state index in [-0.39, 0.29) is 24.1 Å². The molecule has 0 fully saturated rings. The van der Waals surface area contributed by atoms with E-state index in [4.69, 9.17) is 4.74 Å². The molecule has 1 amide bonds. The smallest absolute Gasteiger partial charge is 0.258 e. The Labute approximate surface area is 117 Å². The molecule has 0 radical (unpaired) electrons. The topological polar surface area (TPSA) is 60.3 Å². The van der Waals surface area contributed by atoms with Crippen molar-refractivity contribution in [3.63, 3.8) is 0 Å². The summed E-state index contributed by atoms with van der Waals surface area (Å²) in [5.41, 5.74) is -0.179. The Hall–Kier alpha value is -2.30. The molecule has 0 atom stereocenters. The number of pyridine rings is 1. The lowest BCUT2D eigenvalue weighted by Gasteiger charge is -2.11. The molecule has 5 nitrogen and oxygen atoms in total. The van der Waals surface area contributed by atoms with Gasteiger partial charge in [-0.1, -0.05) is 0 Å². The second-order valence-electron chi connectivity index (χ2n) is 4.84. The molecular weight excluding hydrogens is 256 g/mol. The Kier molecular flexibility index (Phi) is 4.08. The van der Waals surface area contributed by atoms with Gasteiger partial charge in [0, 0.05) is 18.6 Å². The maximum Gasteiger partial charge on any atom is 0.258 e. The van der Waals surface area contributed by atoms with Crippen LogP contribution in [0.3, 0.4) is 0 Å². The quantitative estimate of drug-likeness (QED) is 0.920. The number of benzene rings is 1. The molecule has 2 rings (SSSR count). The number of nitrogens with zero attached hydrogens (tertiary/aromatic N) is 1. The molecule has 5 heteroatoms. The van der Waals surface area contributed by atoms with E-state index in [1.54, 1.807) is 25.4 Å². The average molecular weight is 274 g/mol. The van der Waals surface area contributed by atoms with Crippen molar-refractivity contribution in [1.29, 1.82) is 0 Å². The third-order valence-corrected chi connectivity index (χ3v) is 2.91. The van der Waals surface area contributed by atoms with Crippen molar-refractivity contribution in [3.05, 3.63) is 40.8 Å². The summed E-state index contributed by atoms with van der Waals surface area (Å²) in [6.45, 7) is 3.92. The summed E-state index contributed by atoms with van der Waals surface area (Å²) >= 11 is 0. The van der Waals surface area contributed by atoms with Crippen LogP contribution in [0, 0.1) is 0 Å². The van der Waals surface area contributed by atoms with Crippen LogP contribution in [0.25, 0.3) is 10.8 Å². The predicted octanol–water partition coefficient (Wildman–Crippen LogP) is 1.53. The van der Waals surface area contributed by atoms with E-state index in [1.165, 1.54) is 4.57 Å². The van der Waals surface area contributed by atoms with Crippen LogP contribution in [0.1, 0.15) is 13.8 Å². The van der Waals surface area contributed by atoms with E-state index in [9.17, 15) is 9.59 Å². The number of aromatic nitrogens is 1. The minimum Gasteiger partial charge on any atom is -0.491 e. The zero-order valence-electron chi connectivity index (χ0n) is 11.8. The fraction of sp³-hybridized carbons (Fsp3) is 0.333. The summed E-state index contributed by atoms with van der Waals surface area (Å²) in [7, 11) is 1.55. The molecule has 106 valence electrons. The van der Waals surface area contributed by atoms with Crippen molar-refractivity contribution < 1.29 is 9.53 Å². The number of carbonyl (C=O) groups excluding carboxylic acids is 1. The minimum atomic E-state index is -0.203. The molecule has 0 unspecified atom stereocenters. The monoisotopic (exact) mass is 274 g/mol. The Morgan fingerprint density at radius 2 is 2.10 bits per heavy atom. The summed E-state index contributed by atoms with van der Waals surface area (Å²) in [5, 5.41) is 3.88. The molecule has 20 heavy (non-hydrogen) atoms. The highest BCUT2D eigenvalue weighted by atomic mass is 16.5. The molecule has 0 aliphatic rings. The van der Waals surface area contributed by atoms with E-state index in [0.717, 1.165) is 11.1 Å². The van der Waals surface area contributed by atoms with Crippen molar-refractivity contribution in [2.75, 3.05) is 7.05 Å². The first-order chi connectivity index (χ1) is 9.51. The predicted molar refractivity (Wildman–Crippen MR) is 78.0 cm³/mol. The van der Waals surface area contributed by atoms with Crippen LogP contribution in [-0.2, 0) is 11.3 Å². The Balaban J connectivity index is 2.42. The van der Waals surface area contributed by atoms with Crippen molar-refractivity contribution in [2.45, 2.75) is 26.5 Å². The highest BCUT2D eigenvalue weighted by Gasteiger charge is 2.07. The molecule has 0 saturated heterocycles. The van der Waals surface area contributed by atoms with Gasteiger partial charge in [-0.3, -0.25) is 9.59 Å². The zero-order chi connectivity index (χ0) is 14.7. The van der Waals surface area contributed by atoms with Crippen molar-refractivity contribution in [2.24, 2.45) is 0 Å². The molecule has 0 spiro atoms. The number of nitrogens with one attached hydrogen (secondary N) is 1. The average Bonchev–Trinajstić information content (AvgIpc) is 2.41. The number of hydrogen-bond donors (Lipinski definition) is 1. The first-order valence-corrected chi connectivity index (χ1v) is 6.51. The summed E-state index contributed by atoms with van der Waals surface area (Å²) in [6, 6.07) is 7.15. The molecule has 1 aromatic carbocycles. The lowest BCUT2D eigenvalue weighted by atomic mass is 10.1. The Bertz CT molecular complexity index is 689. The van der Waals surface area contributed by atoms with Crippen molar-refractivity contribution in [1.82, 2.24) is 9.88 Å². The normalized spacial score (nSPS) is 10.8. The molecule has 0 aliphatic carbocycles. The molecule has 0 aliphatic heterocycles. The van der Waals surface area contributed by atoms with Gasteiger partial charge >= 0.3 is 0 Å². The van der Waals surface area contributed by atoms with E-state index < -0.39 is 0 Å². The number of amides is 1. The number of ether oxygens (including phenoxy) is 1. The maximum atomic E-state index is 12.3. The summed E-state index contributed by atoms with van der Waals surface area (Å²) in [5.74, 6) is 0.530. The fourth-order valence-corrected chi connectivity index (χ4v) is 1.97. The van der Waals surface area contributed by atoms with Crippen molar-refractivity contribution in [3.8, 4) is 5.75 Å². The minimum absolute atomic E-state index is 0.0233. The Morgan fingerprint density at radius 1 is 1.35 bits per heavy atom. The second kappa shape index (κ2) is 5.77. The van der Waals surface area contributed by atoms with Gasteiger partial charge in [-0.2, -0.15) is 0 Å². The highest BCUT2D eigenvalue weighted by molar-refractivity contribution is 5.83. The van der Waals surface area contributed by atoms with Crippen LogP contribution in [0.15, 0.2) is 35.3 Å². The first kappa shape index (κ1) is 14.1. The number of carbonyl (C=O) groups is 1. The van der Waals surface area contributed by atoms with Crippen LogP contribution in [0.4, 0.5) is 0 Å². The number of likely N-dealkylation sites (N-methyl/N-ethyl adjacent to an activating group) is 1. The van der Waals surface area contributed by atoms with Gasteiger partial charge in [0.1, 0.15) is 12.3 Å². The van der Waals surface area contributed by atoms with Crippen LogP contribution < -0.4 is 15.6 Å². The van der Waals surface area contributed by atoms with Crippen molar-refractivity contribution >= 4 is 16.7 Å². The van der Waals surface area contributed by atoms with E-state index in [2.05, 4.69) is 5.32 Å². The van der Waals surface area contributed by atoms with Crippen LogP contribution in [0.2, 0.25) is 0 Å². The summed E-state index contributed by atoms with van der Waals surface area (Å²) in [6.07, 6.45) is 1.71. The molecular formula is C15H18N2O3. The first-order valence-electron chi connectivity index (χ1n) is 6.51. The van der Waals surface area contributed by atoms with E-state index in [0.29, 0.717) is 5.39 Å². The largest absolute Gasteiger partial charge is 0.491 e. The summed E-state index contributed by atoms with van der Waals surface area (Å²) in [4.78, 5) is 23.6. The number of fused-ring (bicyclic) bond motifs is 1. The van der Waals surface area contributed by atoms with Crippen LogP contribution in [-0.4, -0.2) is 23.6 Å². The molecule has 1 aromatic heterocycles. The molecule has 2 aromatic rings. The Morgan fingerprint density at radius 3 is 2.75 bits per heavy atom. The molecule has 0 saturated carbocycles. The van der Waals surface area contributed by atoms with Gasteiger partial charge in [0.25, 0.3) is 5.56 Å². The van der Waals surface area contributed by atoms with Gasteiger partial charge in [-0.05, 0) is 43.5 Å². The van der Waals surface area contributed by atoms with Gasteiger partial charge < -0.3 is 14.6 Å². The molecule has 0 bridgehead atoms. The van der Waals surface area contributed by atoms with Crippen LogP contribution in [0.5, 0.6) is 5.75 Å². The SMILES string of the molecule is CNC(=O)Cn1ccc2cc(OC(C)C)ccc2c1=O. The molecule has 1 N–H and O–H groups in total. The van der Waals surface area contributed by atoms with Gasteiger partial charge in [-0.25, -0.2) is 0 Å². The van der Waals surface area contributed by atoms with E-state index >= 15 is 0 Å². The van der Waals surface area contributed by atoms with Crippen LogP contribution >= 0.6 is 0 Å². The van der Waals surface area contributed by atoms with Gasteiger partial charge in [-0.15, -0.1) is 0 Å². The fourth-order valence-electron chi connectivity index (χ4n) is 1.97. The van der Waals surface area contributed by atoms with Gasteiger partial charge in [0.15, 0.2) is 0 Å². The lowest BCUT2D eigenvalue weighted by molar-refractivity contribution is -0.121. The third-order valence-electron chi connectivity index (χ3n) is 2.91. The standard InChI is InChI=1S/C15H18N2O3/c1-10(2)20-12-4-5-13-11(8-12)6-7-17(15(13)19)9-14(18)16-3/h4-8,10H,9H2,1-3H3,(H,16,18). The highest BCUT2D eigenvalue weighted by Crippen LogP contribution is 2.19. The third kappa shape index (κ3) is 2.99. The zero-order valence-corrected chi connectivity index (χ0v) is 11.8. The second-order valence-corrected chi connectivity index (χ2v) is 4.84.